The normalized spacial score (nSPS) is 23.0. The minimum Gasteiger partial charge on any atom is -0.343 e. The molecular formula is C5H8ClN3O. The Hall–Kier alpha value is -0.610. The van der Waals surface area contributed by atoms with Crippen LogP contribution in [0.3, 0.4) is 0 Å². The predicted molar refractivity (Wildman–Crippen MR) is 36.9 cm³/mol. The second kappa shape index (κ2) is 2.98. The summed E-state index contributed by atoms with van der Waals surface area (Å²) in [6, 6.07) is 0.351. The van der Waals surface area contributed by atoms with Gasteiger partial charge in [0.15, 0.2) is 5.82 Å². The Balaban J connectivity index is 0.000000500. The summed E-state index contributed by atoms with van der Waals surface area (Å²) in [7, 11) is 0. The van der Waals surface area contributed by atoms with Crippen LogP contribution in [0.2, 0.25) is 0 Å². The van der Waals surface area contributed by atoms with E-state index in [0.29, 0.717) is 6.04 Å². The van der Waals surface area contributed by atoms with E-state index in [0.717, 1.165) is 18.8 Å². The zero-order valence-electron chi connectivity index (χ0n) is 5.28. The van der Waals surface area contributed by atoms with Crippen LogP contribution in [-0.2, 0) is 0 Å². The summed E-state index contributed by atoms with van der Waals surface area (Å²) in [5, 5.41) is 6.85. The van der Waals surface area contributed by atoms with E-state index >= 15 is 0 Å². The third-order valence-electron chi connectivity index (χ3n) is 1.51. The van der Waals surface area contributed by atoms with Crippen molar-refractivity contribution in [1.29, 1.82) is 0 Å². The standard InChI is InChI=1S/C5H7N3O.ClH/c1-2-6-4(1)5-7-3-9-8-5;/h3-4,6H,1-2H2;1H. The van der Waals surface area contributed by atoms with Crippen molar-refractivity contribution in [3.05, 3.63) is 12.2 Å². The lowest BCUT2D eigenvalue weighted by Gasteiger charge is -2.23. The zero-order valence-corrected chi connectivity index (χ0v) is 6.10. The van der Waals surface area contributed by atoms with Crippen molar-refractivity contribution < 1.29 is 4.52 Å². The molecule has 1 fully saturated rings. The average Bonchev–Trinajstić information content (AvgIpc) is 2.11. The van der Waals surface area contributed by atoms with Gasteiger partial charge in [-0.2, -0.15) is 4.98 Å². The Morgan fingerprint density at radius 2 is 2.50 bits per heavy atom. The first-order valence-electron chi connectivity index (χ1n) is 2.96. The molecule has 0 radical (unpaired) electrons. The Morgan fingerprint density at radius 1 is 1.70 bits per heavy atom. The van der Waals surface area contributed by atoms with Crippen molar-refractivity contribution in [2.45, 2.75) is 12.5 Å². The van der Waals surface area contributed by atoms with Crippen LogP contribution in [0.15, 0.2) is 10.9 Å². The van der Waals surface area contributed by atoms with E-state index in [1.807, 2.05) is 0 Å². The molecule has 1 aromatic heterocycles. The Bertz CT molecular complexity index is 185. The summed E-state index contributed by atoms with van der Waals surface area (Å²) < 4.78 is 4.57. The van der Waals surface area contributed by atoms with Gasteiger partial charge in [-0.3, -0.25) is 0 Å². The summed E-state index contributed by atoms with van der Waals surface area (Å²) >= 11 is 0. The van der Waals surface area contributed by atoms with E-state index in [4.69, 9.17) is 0 Å². The van der Waals surface area contributed by atoms with Crippen molar-refractivity contribution in [3.8, 4) is 0 Å². The smallest absolute Gasteiger partial charge is 0.213 e. The highest BCUT2D eigenvalue weighted by Crippen LogP contribution is 2.17. The summed E-state index contributed by atoms with van der Waals surface area (Å²) in [5.41, 5.74) is 0. The topological polar surface area (TPSA) is 51.0 Å². The van der Waals surface area contributed by atoms with Crippen LogP contribution in [0, 0.1) is 0 Å². The molecule has 1 aromatic rings. The molecule has 1 saturated heterocycles. The molecule has 1 unspecified atom stereocenters. The van der Waals surface area contributed by atoms with Gasteiger partial charge in [-0.05, 0) is 13.0 Å². The first kappa shape index (κ1) is 7.50. The summed E-state index contributed by atoms with van der Waals surface area (Å²) in [4.78, 5) is 3.90. The van der Waals surface area contributed by atoms with Crippen LogP contribution < -0.4 is 5.32 Å². The molecule has 0 aliphatic carbocycles. The quantitative estimate of drug-likeness (QED) is 0.653. The molecule has 1 aliphatic rings. The van der Waals surface area contributed by atoms with Crippen molar-refractivity contribution in [3.63, 3.8) is 0 Å². The van der Waals surface area contributed by atoms with Gasteiger partial charge in [0.1, 0.15) is 0 Å². The maximum Gasteiger partial charge on any atom is 0.213 e. The van der Waals surface area contributed by atoms with Gasteiger partial charge in [0.25, 0.3) is 0 Å². The van der Waals surface area contributed by atoms with Crippen molar-refractivity contribution in [2.24, 2.45) is 0 Å². The van der Waals surface area contributed by atoms with E-state index in [-0.39, 0.29) is 12.4 Å². The lowest BCUT2D eigenvalue weighted by atomic mass is 10.1. The van der Waals surface area contributed by atoms with Gasteiger partial charge in [-0.25, -0.2) is 0 Å². The fourth-order valence-corrected chi connectivity index (χ4v) is 0.841. The van der Waals surface area contributed by atoms with Crippen LogP contribution in [0.1, 0.15) is 18.3 Å². The number of nitrogens with zero attached hydrogens (tertiary/aromatic N) is 2. The van der Waals surface area contributed by atoms with Crippen LogP contribution in [-0.4, -0.2) is 16.7 Å². The second-order valence-corrected chi connectivity index (χ2v) is 2.08. The number of halogens is 1. The molecule has 2 heterocycles. The molecule has 2 rings (SSSR count). The number of rotatable bonds is 1. The van der Waals surface area contributed by atoms with Crippen molar-refractivity contribution in [2.75, 3.05) is 6.54 Å². The molecule has 10 heavy (non-hydrogen) atoms. The molecule has 0 amide bonds. The van der Waals surface area contributed by atoms with Gasteiger partial charge in [-0.15, -0.1) is 12.4 Å². The van der Waals surface area contributed by atoms with Crippen molar-refractivity contribution >= 4 is 12.4 Å². The zero-order chi connectivity index (χ0) is 6.10. The van der Waals surface area contributed by atoms with Crippen LogP contribution in [0.4, 0.5) is 0 Å². The number of nitrogens with one attached hydrogen (secondary N) is 1. The molecule has 5 heteroatoms. The summed E-state index contributed by atoms with van der Waals surface area (Å²) in [6.45, 7) is 1.07. The number of hydrogen-bond acceptors (Lipinski definition) is 4. The number of aromatic nitrogens is 2. The highest BCUT2D eigenvalue weighted by Gasteiger charge is 2.21. The third-order valence-corrected chi connectivity index (χ3v) is 1.51. The maximum absolute atomic E-state index is 4.57. The molecule has 0 saturated carbocycles. The fourth-order valence-electron chi connectivity index (χ4n) is 0.841. The molecule has 1 N–H and O–H groups in total. The first-order valence-corrected chi connectivity index (χ1v) is 2.96. The van der Waals surface area contributed by atoms with E-state index in [2.05, 4.69) is 20.0 Å². The van der Waals surface area contributed by atoms with Crippen LogP contribution >= 0.6 is 12.4 Å². The predicted octanol–water partition coefficient (Wildman–Crippen LogP) is 0.526. The van der Waals surface area contributed by atoms with Gasteiger partial charge in [0.05, 0.1) is 6.04 Å². The molecule has 56 valence electrons. The summed E-state index contributed by atoms with van der Waals surface area (Å²) in [5.74, 6) is 0.779. The largest absolute Gasteiger partial charge is 0.343 e. The summed E-state index contributed by atoms with van der Waals surface area (Å²) in [6.07, 6.45) is 2.48. The molecule has 1 aliphatic heterocycles. The second-order valence-electron chi connectivity index (χ2n) is 2.08. The van der Waals surface area contributed by atoms with Gasteiger partial charge >= 0.3 is 0 Å². The van der Waals surface area contributed by atoms with Gasteiger partial charge in [0, 0.05) is 0 Å². The van der Waals surface area contributed by atoms with Crippen LogP contribution in [0.5, 0.6) is 0 Å². The molecule has 0 bridgehead atoms. The van der Waals surface area contributed by atoms with Gasteiger partial charge < -0.3 is 9.84 Å². The average molecular weight is 162 g/mol. The monoisotopic (exact) mass is 161 g/mol. The molecular weight excluding hydrogens is 154 g/mol. The highest BCUT2D eigenvalue weighted by atomic mass is 35.5. The number of hydrogen-bond donors (Lipinski definition) is 1. The van der Waals surface area contributed by atoms with E-state index in [9.17, 15) is 0 Å². The van der Waals surface area contributed by atoms with Crippen LogP contribution in [0.25, 0.3) is 0 Å². The lowest BCUT2D eigenvalue weighted by molar-refractivity contribution is 0.340. The highest BCUT2D eigenvalue weighted by molar-refractivity contribution is 5.85. The van der Waals surface area contributed by atoms with E-state index in [1.54, 1.807) is 0 Å². The third kappa shape index (κ3) is 1.12. The SMILES string of the molecule is Cl.c1nc(C2CCN2)no1. The molecule has 0 aromatic carbocycles. The molecule has 1 atom stereocenters. The lowest BCUT2D eigenvalue weighted by Crippen LogP contribution is -2.35. The first-order chi connectivity index (χ1) is 4.47. The maximum atomic E-state index is 4.57. The van der Waals surface area contributed by atoms with Crippen molar-refractivity contribution in [1.82, 2.24) is 15.5 Å². The fraction of sp³-hybridized carbons (Fsp3) is 0.600. The minimum absolute atomic E-state index is 0. The molecule has 4 nitrogen and oxygen atoms in total. The van der Waals surface area contributed by atoms with Gasteiger partial charge in [0.2, 0.25) is 6.39 Å². The Morgan fingerprint density at radius 3 is 2.90 bits per heavy atom. The van der Waals surface area contributed by atoms with E-state index in [1.165, 1.54) is 6.39 Å². The van der Waals surface area contributed by atoms with E-state index < -0.39 is 0 Å². The van der Waals surface area contributed by atoms with Gasteiger partial charge in [-0.1, -0.05) is 5.16 Å². The Labute approximate surface area is 64.4 Å². The Kier molecular flexibility index (Phi) is 2.24. The molecule has 0 spiro atoms. The minimum atomic E-state index is 0.